The summed E-state index contributed by atoms with van der Waals surface area (Å²) in [6.45, 7) is 3.91. The van der Waals surface area contributed by atoms with Crippen LogP contribution >= 0.6 is 24.0 Å². The third-order valence-corrected chi connectivity index (χ3v) is 4.80. The number of hydrogen-bond donors (Lipinski definition) is 1. The molecule has 1 saturated heterocycles. The Morgan fingerprint density at radius 1 is 1.25 bits per heavy atom. The first kappa shape index (κ1) is 23.9. The van der Waals surface area contributed by atoms with Crippen molar-refractivity contribution in [1.29, 1.82) is 0 Å². The van der Waals surface area contributed by atoms with Crippen LogP contribution in [0.2, 0.25) is 0 Å². The molecule has 9 heteroatoms. The van der Waals surface area contributed by atoms with Crippen LogP contribution in [0.25, 0.3) is 0 Å². The molecular weight excluding hydrogens is 445 g/mol. The fraction of sp³-hybridized carbons (Fsp3) is 0.933. The number of sulfone groups is 1. The number of guanidine groups is 1. The average Bonchev–Trinajstić information content (AvgIpc) is 2.51. The van der Waals surface area contributed by atoms with E-state index in [1.807, 2.05) is 0 Å². The van der Waals surface area contributed by atoms with Crippen LogP contribution in [0.5, 0.6) is 0 Å². The first-order valence-electron chi connectivity index (χ1n) is 8.20. The van der Waals surface area contributed by atoms with Gasteiger partial charge in [0.25, 0.3) is 0 Å². The summed E-state index contributed by atoms with van der Waals surface area (Å²) in [4.78, 5) is 6.49. The summed E-state index contributed by atoms with van der Waals surface area (Å²) in [5.74, 6) is 1.05. The maximum atomic E-state index is 11.1. The Bertz CT molecular complexity index is 452. The SMILES string of the molecule is CN=C(NCCCS(C)(=O)=O)N1CCC(OCCCOC)CC1.I. The predicted molar refractivity (Wildman–Crippen MR) is 108 cm³/mol. The fourth-order valence-corrected chi connectivity index (χ4v) is 3.22. The van der Waals surface area contributed by atoms with E-state index in [1.165, 1.54) is 6.26 Å². The molecule has 0 aliphatic carbocycles. The van der Waals surface area contributed by atoms with E-state index in [1.54, 1.807) is 14.2 Å². The molecule has 7 nitrogen and oxygen atoms in total. The number of nitrogens with one attached hydrogen (secondary N) is 1. The molecule has 1 aliphatic rings. The van der Waals surface area contributed by atoms with Gasteiger partial charge in [0.2, 0.25) is 0 Å². The number of ether oxygens (including phenoxy) is 2. The molecule has 0 spiro atoms. The van der Waals surface area contributed by atoms with Gasteiger partial charge in [-0.15, -0.1) is 24.0 Å². The molecule has 1 rings (SSSR count). The summed E-state index contributed by atoms with van der Waals surface area (Å²) in [6, 6.07) is 0. The number of halogens is 1. The van der Waals surface area contributed by atoms with Crippen LogP contribution in [0.3, 0.4) is 0 Å². The standard InChI is InChI=1S/C15H31N3O4S.HI/c1-16-15(17-8-4-13-23(3,19)20)18-9-6-14(7-10-18)22-12-5-11-21-2;/h14H,4-13H2,1-3H3,(H,16,17);1H. The molecule has 24 heavy (non-hydrogen) atoms. The van der Waals surface area contributed by atoms with E-state index in [2.05, 4.69) is 15.2 Å². The molecular formula is C15H32IN3O4S. The molecule has 1 heterocycles. The number of piperidine rings is 1. The first-order chi connectivity index (χ1) is 11.0. The summed E-state index contributed by atoms with van der Waals surface area (Å²) in [7, 11) is 0.565. The number of nitrogens with zero attached hydrogens (tertiary/aromatic N) is 2. The van der Waals surface area contributed by atoms with Crippen LogP contribution in [-0.4, -0.2) is 84.4 Å². The van der Waals surface area contributed by atoms with Crippen molar-refractivity contribution in [2.45, 2.75) is 31.8 Å². The highest BCUT2D eigenvalue weighted by molar-refractivity contribution is 14.0. The average molecular weight is 477 g/mol. The van der Waals surface area contributed by atoms with Crippen LogP contribution in [0.1, 0.15) is 25.7 Å². The van der Waals surface area contributed by atoms with E-state index in [4.69, 9.17) is 9.47 Å². The molecule has 0 atom stereocenters. The summed E-state index contributed by atoms with van der Waals surface area (Å²) in [5, 5.41) is 3.24. The second-order valence-electron chi connectivity index (χ2n) is 5.86. The minimum atomic E-state index is -2.89. The fourth-order valence-electron chi connectivity index (χ4n) is 2.55. The first-order valence-corrected chi connectivity index (χ1v) is 10.3. The van der Waals surface area contributed by atoms with Crippen LogP contribution in [0, 0.1) is 0 Å². The Balaban J connectivity index is 0.00000529. The molecule has 1 N–H and O–H groups in total. The lowest BCUT2D eigenvalue weighted by Gasteiger charge is -2.34. The Hall–Kier alpha value is -0.130. The van der Waals surface area contributed by atoms with E-state index >= 15 is 0 Å². The normalized spacial score (nSPS) is 16.8. The van der Waals surface area contributed by atoms with Crippen molar-refractivity contribution in [1.82, 2.24) is 10.2 Å². The zero-order chi connectivity index (χ0) is 17.1. The van der Waals surface area contributed by atoms with E-state index < -0.39 is 9.84 Å². The van der Waals surface area contributed by atoms with Gasteiger partial charge in [0.15, 0.2) is 5.96 Å². The third kappa shape index (κ3) is 10.7. The Morgan fingerprint density at radius 3 is 2.46 bits per heavy atom. The lowest BCUT2D eigenvalue weighted by atomic mass is 10.1. The van der Waals surface area contributed by atoms with E-state index in [-0.39, 0.29) is 29.7 Å². The highest BCUT2D eigenvalue weighted by Crippen LogP contribution is 2.14. The predicted octanol–water partition coefficient (Wildman–Crippen LogP) is 1.13. The lowest BCUT2D eigenvalue weighted by molar-refractivity contribution is 0.00991. The minimum absolute atomic E-state index is 0. The van der Waals surface area contributed by atoms with Crippen LogP contribution in [-0.2, 0) is 19.3 Å². The van der Waals surface area contributed by atoms with Crippen molar-refractivity contribution in [3.63, 3.8) is 0 Å². The van der Waals surface area contributed by atoms with E-state index in [9.17, 15) is 8.42 Å². The van der Waals surface area contributed by atoms with Gasteiger partial charge >= 0.3 is 0 Å². The van der Waals surface area contributed by atoms with Gasteiger partial charge in [-0.3, -0.25) is 4.99 Å². The van der Waals surface area contributed by atoms with E-state index in [0.717, 1.165) is 51.5 Å². The monoisotopic (exact) mass is 477 g/mol. The Morgan fingerprint density at radius 2 is 1.92 bits per heavy atom. The molecule has 0 saturated carbocycles. The Labute approximate surface area is 163 Å². The summed E-state index contributed by atoms with van der Waals surface area (Å²) < 4.78 is 33.1. The van der Waals surface area contributed by atoms with Crippen LogP contribution in [0.4, 0.5) is 0 Å². The Kier molecular flexibility index (Phi) is 13.1. The van der Waals surface area contributed by atoms with Gasteiger partial charge in [-0.2, -0.15) is 0 Å². The number of hydrogen-bond acceptors (Lipinski definition) is 5. The number of methoxy groups -OCH3 is 1. The van der Waals surface area contributed by atoms with Gasteiger partial charge in [-0.05, 0) is 25.7 Å². The highest BCUT2D eigenvalue weighted by Gasteiger charge is 2.21. The van der Waals surface area contributed by atoms with Gasteiger partial charge in [0, 0.05) is 53.3 Å². The maximum absolute atomic E-state index is 11.1. The smallest absolute Gasteiger partial charge is 0.193 e. The number of rotatable bonds is 9. The van der Waals surface area contributed by atoms with Gasteiger partial charge in [-0.1, -0.05) is 0 Å². The quantitative estimate of drug-likeness (QED) is 0.232. The zero-order valence-corrected chi connectivity index (χ0v) is 18.1. The van der Waals surface area contributed by atoms with Crippen LogP contribution < -0.4 is 5.32 Å². The van der Waals surface area contributed by atoms with Crippen molar-refractivity contribution in [3.05, 3.63) is 0 Å². The number of aliphatic imine (C=N–C) groups is 1. The van der Waals surface area contributed by atoms with E-state index in [0.29, 0.717) is 19.1 Å². The summed E-state index contributed by atoms with van der Waals surface area (Å²) >= 11 is 0. The van der Waals surface area contributed by atoms with Crippen molar-refractivity contribution in [2.75, 3.05) is 59.0 Å². The largest absolute Gasteiger partial charge is 0.385 e. The highest BCUT2D eigenvalue weighted by atomic mass is 127. The van der Waals surface area contributed by atoms with Gasteiger partial charge in [0.05, 0.1) is 11.9 Å². The topological polar surface area (TPSA) is 80.2 Å². The minimum Gasteiger partial charge on any atom is -0.385 e. The van der Waals surface area contributed by atoms with Crippen molar-refractivity contribution in [3.8, 4) is 0 Å². The van der Waals surface area contributed by atoms with Gasteiger partial charge in [0.1, 0.15) is 9.84 Å². The van der Waals surface area contributed by atoms with Crippen molar-refractivity contribution < 1.29 is 17.9 Å². The molecule has 0 aromatic rings. The summed E-state index contributed by atoms with van der Waals surface area (Å²) in [6.07, 6.45) is 5.07. The summed E-state index contributed by atoms with van der Waals surface area (Å²) in [5.41, 5.74) is 0. The van der Waals surface area contributed by atoms with Gasteiger partial charge in [-0.25, -0.2) is 8.42 Å². The molecule has 0 bridgehead atoms. The van der Waals surface area contributed by atoms with Crippen molar-refractivity contribution >= 4 is 39.8 Å². The zero-order valence-electron chi connectivity index (χ0n) is 15.0. The molecule has 1 aliphatic heterocycles. The molecule has 0 aromatic heterocycles. The second kappa shape index (κ2) is 13.1. The van der Waals surface area contributed by atoms with Gasteiger partial charge < -0.3 is 19.7 Å². The second-order valence-corrected chi connectivity index (χ2v) is 8.12. The molecule has 0 unspecified atom stereocenters. The van der Waals surface area contributed by atoms with Crippen LogP contribution in [0.15, 0.2) is 4.99 Å². The molecule has 0 radical (unpaired) electrons. The van der Waals surface area contributed by atoms with Crippen molar-refractivity contribution in [2.24, 2.45) is 4.99 Å². The number of likely N-dealkylation sites (tertiary alicyclic amines) is 1. The molecule has 0 amide bonds. The lowest BCUT2D eigenvalue weighted by Crippen LogP contribution is -2.47. The maximum Gasteiger partial charge on any atom is 0.193 e. The molecule has 144 valence electrons. The third-order valence-electron chi connectivity index (χ3n) is 3.77. The molecule has 1 fully saturated rings. The molecule has 0 aromatic carbocycles.